The lowest BCUT2D eigenvalue weighted by Crippen LogP contribution is -2.28. The van der Waals surface area contributed by atoms with E-state index in [1.165, 1.54) is 23.9 Å². The fourth-order valence-electron chi connectivity index (χ4n) is 3.71. The maximum Gasteiger partial charge on any atom is 0.254 e. The van der Waals surface area contributed by atoms with E-state index in [2.05, 4.69) is 20.3 Å². The van der Waals surface area contributed by atoms with Crippen LogP contribution in [-0.2, 0) is 12.2 Å². The van der Waals surface area contributed by atoms with Crippen molar-refractivity contribution in [3.63, 3.8) is 0 Å². The summed E-state index contributed by atoms with van der Waals surface area (Å²) in [4.78, 5) is 19.9. The zero-order valence-electron chi connectivity index (χ0n) is 19.8. The molecule has 1 N–H and O–H groups in total. The van der Waals surface area contributed by atoms with Crippen LogP contribution < -0.4 is 0 Å². The van der Waals surface area contributed by atoms with Gasteiger partial charge in [-0.25, -0.2) is 4.39 Å². The van der Waals surface area contributed by atoms with E-state index in [4.69, 9.17) is 4.52 Å². The van der Waals surface area contributed by atoms with Crippen molar-refractivity contribution in [2.24, 2.45) is 0 Å². The molecule has 0 unspecified atom stereocenters. The summed E-state index contributed by atoms with van der Waals surface area (Å²) in [5, 5.41) is 11.2. The second-order valence-corrected chi connectivity index (χ2v) is 9.36. The van der Waals surface area contributed by atoms with E-state index >= 15 is 0 Å². The van der Waals surface area contributed by atoms with Crippen molar-refractivity contribution in [1.82, 2.24) is 25.2 Å². The maximum absolute atomic E-state index is 13.1. The highest BCUT2D eigenvalue weighted by Crippen LogP contribution is 2.27. The van der Waals surface area contributed by atoms with Gasteiger partial charge in [0.2, 0.25) is 5.89 Å². The number of hydrogen-bond donors (Lipinski definition) is 1. The van der Waals surface area contributed by atoms with Crippen LogP contribution in [0.15, 0.2) is 64.0 Å². The number of aromatic amines is 1. The molecule has 0 aliphatic heterocycles. The first-order valence-corrected chi connectivity index (χ1v) is 12.5. The van der Waals surface area contributed by atoms with Gasteiger partial charge in [-0.3, -0.25) is 9.89 Å². The van der Waals surface area contributed by atoms with Gasteiger partial charge in [-0.1, -0.05) is 23.7 Å². The predicted molar refractivity (Wildman–Crippen MR) is 134 cm³/mol. The molecule has 0 spiro atoms. The summed E-state index contributed by atoms with van der Waals surface area (Å²) >= 11 is 1.52. The molecule has 7 nitrogen and oxygen atoms in total. The molecule has 4 aromatic rings. The van der Waals surface area contributed by atoms with Crippen molar-refractivity contribution in [3.8, 4) is 11.3 Å². The molecule has 0 saturated heterocycles. The number of amides is 1. The molecule has 0 radical (unpaired) electrons. The number of aromatic nitrogens is 4. The number of carbonyl (C=O) groups excluding carboxylic acids is 1. The first kappa shape index (κ1) is 24.7. The molecule has 0 aliphatic rings. The lowest BCUT2D eigenvalue weighted by Gasteiger charge is -2.18. The molecule has 2 aromatic carbocycles. The van der Waals surface area contributed by atoms with Gasteiger partial charge in [-0.05, 0) is 68.7 Å². The standard InChI is InChI=1S/C26H28FN5O2S/c1-18-28-25(34-31-18)17-35-24-10-6-5-9-22(24)26(33)32(2)15-7-3-4-8-21-16-23(30-29-21)19-11-13-20(27)14-12-19/h5-6,9-14,16H,3-4,7-8,15,17H2,1-2H3,(H,29,30). The van der Waals surface area contributed by atoms with Crippen molar-refractivity contribution in [1.29, 1.82) is 0 Å². The monoisotopic (exact) mass is 493 g/mol. The number of aryl methyl sites for hydroxylation is 2. The van der Waals surface area contributed by atoms with Gasteiger partial charge in [0.1, 0.15) is 5.82 Å². The molecule has 0 atom stereocenters. The first-order valence-electron chi connectivity index (χ1n) is 11.6. The Kier molecular flexibility index (Phi) is 8.31. The van der Waals surface area contributed by atoms with Crippen LogP contribution >= 0.6 is 11.8 Å². The molecule has 1 amide bonds. The first-order chi connectivity index (χ1) is 17.0. The van der Waals surface area contributed by atoms with Crippen LogP contribution in [-0.4, -0.2) is 44.7 Å². The largest absolute Gasteiger partial charge is 0.342 e. The molecule has 0 aliphatic carbocycles. The van der Waals surface area contributed by atoms with Gasteiger partial charge in [0, 0.05) is 29.7 Å². The van der Waals surface area contributed by atoms with Gasteiger partial charge < -0.3 is 9.42 Å². The number of nitrogens with one attached hydrogen (secondary N) is 1. The quantitative estimate of drug-likeness (QED) is 0.213. The molecule has 4 rings (SSSR count). The Morgan fingerprint density at radius 1 is 1.11 bits per heavy atom. The van der Waals surface area contributed by atoms with Crippen LogP contribution in [0.2, 0.25) is 0 Å². The average Bonchev–Trinajstić information content (AvgIpc) is 3.51. The van der Waals surface area contributed by atoms with E-state index in [1.54, 1.807) is 24.0 Å². The topological polar surface area (TPSA) is 87.9 Å². The summed E-state index contributed by atoms with van der Waals surface area (Å²) in [5.41, 5.74) is 3.44. The number of hydrogen-bond acceptors (Lipinski definition) is 6. The lowest BCUT2D eigenvalue weighted by atomic mass is 10.1. The summed E-state index contributed by atoms with van der Waals surface area (Å²) in [5.74, 6) is 1.42. The van der Waals surface area contributed by atoms with Crippen molar-refractivity contribution in [3.05, 3.63) is 83.4 Å². The van der Waals surface area contributed by atoms with E-state index in [1.807, 2.05) is 37.4 Å². The summed E-state index contributed by atoms with van der Waals surface area (Å²) in [6.07, 6.45) is 3.77. The molecule has 2 aromatic heterocycles. The van der Waals surface area contributed by atoms with Crippen LogP contribution in [0.3, 0.4) is 0 Å². The minimum absolute atomic E-state index is 0.00678. The molecule has 0 saturated carbocycles. The number of unbranched alkanes of at least 4 members (excludes halogenated alkanes) is 2. The third-order valence-electron chi connectivity index (χ3n) is 5.60. The number of nitrogens with zero attached hydrogens (tertiary/aromatic N) is 4. The van der Waals surface area contributed by atoms with Crippen LogP contribution in [0.5, 0.6) is 0 Å². The zero-order valence-corrected chi connectivity index (χ0v) is 20.6. The fraction of sp³-hybridized carbons (Fsp3) is 0.308. The van der Waals surface area contributed by atoms with Gasteiger partial charge in [-0.2, -0.15) is 10.1 Å². The molecular formula is C26H28FN5O2S. The van der Waals surface area contributed by atoms with E-state index in [0.29, 0.717) is 29.6 Å². The molecule has 9 heteroatoms. The Bertz CT molecular complexity index is 1250. The summed E-state index contributed by atoms with van der Waals surface area (Å²) in [6.45, 7) is 2.47. The van der Waals surface area contributed by atoms with Crippen molar-refractivity contribution < 1.29 is 13.7 Å². The van der Waals surface area contributed by atoms with Crippen LogP contribution in [0.1, 0.15) is 47.0 Å². The highest BCUT2D eigenvalue weighted by molar-refractivity contribution is 7.98. The Labute approximate surface area is 208 Å². The van der Waals surface area contributed by atoms with Crippen LogP contribution in [0, 0.1) is 12.7 Å². The third-order valence-corrected chi connectivity index (χ3v) is 6.65. The summed E-state index contributed by atoms with van der Waals surface area (Å²) in [6, 6.07) is 15.9. The van der Waals surface area contributed by atoms with Gasteiger partial charge >= 0.3 is 0 Å². The van der Waals surface area contributed by atoms with E-state index in [-0.39, 0.29) is 11.7 Å². The van der Waals surface area contributed by atoms with Crippen LogP contribution in [0.4, 0.5) is 4.39 Å². The maximum atomic E-state index is 13.1. The second kappa shape index (κ2) is 11.8. The molecule has 0 bridgehead atoms. The Morgan fingerprint density at radius 2 is 1.91 bits per heavy atom. The summed E-state index contributed by atoms with van der Waals surface area (Å²) in [7, 11) is 1.84. The molecular weight excluding hydrogens is 465 g/mol. The van der Waals surface area contributed by atoms with Crippen molar-refractivity contribution in [2.45, 2.75) is 43.3 Å². The number of carbonyl (C=O) groups is 1. The molecule has 2 heterocycles. The average molecular weight is 494 g/mol. The van der Waals surface area contributed by atoms with E-state index < -0.39 is 0 Å². The highest BCUT2D eigenvalue weighted by Gasteiger charge is 2.16. The van der Waals surface area contributed by atoms with Crippen molar-refractivity contribution >= 4 is 17.7 Å². The van der Waals surface area contributed by atoms with Crippen LogP contribution in [0.25, 0.3) is 11.3 Å². The number of H-pyrrole nitrogens is 1. The number of halogens is 1. The minimum atomic E-state index is -0.256. The number of benzene rings is 2. The predicted octanol–water partition coefficient (Wildman–Crippen LogP) is 5.68. The summed E-state index contributed by atoms with van der Waals surface area (Å²) < 4.78 is 18.3. The van der Waals surface area contributed by atoms with E-state index in [9.17, 15) is 9.18 Å². The lowest BCUT2D eigenvalue weighted by molar-refractivity contribution is 0.0789. The highest BCUT2D eigenvalue weighted by atomic mass is 32.2. The number of rotatable bonds is 11. The Hall–Kier alpha value is -3.46. The smallest absolute Gasteiger partial charge is 0.254 e. The minimum Gasteiger partial charge on any atom is -0.342 e. The third kappa shape index (κ3) is 6.79. The molecule has 0 fully saturated rings. The van der Waals surface area contributed by atoms with Gasteiger partial charge in [0.05, 0.1) is 17.0 Å². The fourth-order valence-corrected chi connectivity index (χ4v) is 4.60. The van der Waals surface area contributed by atoms with Crippen molar-refractivity contribution in [2.75, 3.05) is 13.6 Å². The van der Waals surface area contributed by atoms with Gasteiger partial charge in [-0.15, -0.1) is 11.8 Å². The SMILES string of the molecule is Cc1noc(CSc2ccccc2C(=O)N(C)CCCCCc2cc(-c3ccc(F)cc3)n[nH]2)n1. The Balaban J connectivity index is 1.22. The van der Waals surface area contributed by atoms with Gasteiger partial charge in [0.25, 0.3) is 5.91 Å². The Morgan fingerprint density at radius 3 is 2.69 bits per heavy atom. The normalized spacial score (nSPS) is 11.1. The van der Waals surface area contributed by atoms with E-state index in [0.717, 1.165) is 47.5 Å². The molecule has 182 valence electrons. The second-order valence-electron chi connectivity index (χ2n) is 8.34. The molecule has 35 heavy (non-hydrogen) atoms. The zero-order chi connectivity index (χ0) is 24.6. The van der Waals surface area contributed by atoms with Gasteiger partial charge in [0.15, 0.2) is 5.82 Å². The number of thioether (sulfide) groups is 1.